The molecule has 2 aliphatic rings. The van der Waals surface area contributed by atoms with Gasteiger partial charge in [0, 0.05) is 18.1 Å². The van der Waals surface area contributed by atoms with Crippen LogP contribution in [0.3, 0.4) is 0 Å². The van der Waals surface area contributed by atoms with Gasteiger partial charge in [-0.15, -0.1) is 0 Å². The summed E-state index contributed by atoms with van der Waals surface area (Å²) in [6.07, 6.45) is 7.61. The number of likely N-dealkylation sites (N-methyl/N-ethyl adjacent to an activating group) is 2. The first-order chi connectivity index (χ1) is 10.1. The Labute approximate surface area is 130 Å². The van der Waals surface area contributed by atoms with Crippen molar-refractivity contribution in [3.05, 3.63) is 0 Å². The van der Waals surface area contributed by atoms with Crippen molar-refractivity contribution in [1.29, 1.82) is 0 Å². The van der Waals surface area contributed by atoms with Crippen molar-refractivity contribution >= 4 is 0 Å². The second-order valence-corrected chi connectivity index (χ2v) is 7.32. The molecule has 2 rings (SSSR count). The fraction of sp³-hybridized carbons (Fsp3) is 1.00. The third kappa shape index (κ3) is 4.19. The summed E-state index contributed by atoms with van der Waals surface area (Å²) in [6.45, 7) is 7.06. The van der Waals surface area contributed by atoms with E-state index in [2.05, 4.69) is 36.1 Å². The van der Waals surface area contributed by atoms with E-state index in [1.807, 2.05) is 0 Å². The van der Waals surface area contributed by atoms with E-state index < -0.39 is 0 Å². The molecule has 0 aromatic rings. The summed E-state index contributed by atoms with van der Waals surface area (Å²) in [5, 5.41) is 13.5. The quantitative estimate of drug-likeness (QED) is 0.713. The monoisotopic (exact) mass is 297 g/mol. The van der Waals surface area contributed by atoms with Crippen LogP contribution >= 0.6 is 0 Å². The van der Waals surface area contributed by atoms with Crippen molar-refractivity contribution < 1.29 is 5.11 Å². The zero-order chi connectivity index (χ0) is 15.3. The highest BCUT2D eigenvalue weighted by atomic mass is 16.3. The lowest BCUT2D eigenvalue weighted by atomic mass is 9.85. The summed E-state index contributed by atoms with van der Waals surface area (Å²) in [4.78, 5) is 5.00. The van der Waals surface area contributed by atoms with Crippen molar-refractivity contribution in [3.63, 3.8) is 0 Å². The minimum Gasteiger partial charge on any atom is -0.394 e. The van der Waals surface area contributed by atoms with Crippen LogP contribution in [-0.2, 0) is 0 Å². The molecule has 0 amide bonds. The number of nitrogens with one attached hydrogen (secondary N) is 1. The molecule has 1 heterocycles. The SMILES string of the molecule is CCNC1(CO)CCCC1CCN1CCCC1CN(C)C. The highest BCUT2D eigenvalue weighted by molar-refractivity contribution is 4.99. The maximum Gasteiger partial charge on any atom is 0.0616 e. The van der Waals surface area contributed by atoms with E-state index in [1.54, 1.807) is 0 Å². The second kappa shape index (κ2) is 7.91. The van der Waals surface area contributed by atoms with Gasteiger partial charge in [-0.2, -0.15) is 0 Å². The topological polar surface area (TPSA) is 38.7 Å². The Kier molecular flexibility index (Phi) is 6.48. The van der Waals surface area contributed by atoms with Crippen molar-refractivity contribution in [3.8, 4) is 0 Å². The van der Waals surface area contributed by atoms with E-state index in [-0.39, 0.29) is 5.54 Å². The summed E-state index contributed by atoms with van der Waals surface area (Å²) in [6, 6.07) is 0.740. The Morgan fingerprint density at radius 2 is 2.10 bits per heavy atom. The maximum atomic E-state index is 9.90. The maximum absolute atomic E-state index is 9.90. The third-order valence-corrected chi connectivity index (χ3v) is 5.61. The highest BCUT2D eigenvalue weighted by Gasteiger charge is 2.41. The lowest BCUT2D eigenvalue weighted by molar-refractivity contribution is 0.109. The predicted molar refractivity (Wildman–Crippen MR) is 88.6 cm³/mol. The van der Waals surface area contributed by atoms with E-state index in [0.717, 1.165) is 19.0 Å². The summed E-state index contributed by atoms with van der Waals surface area (Å²) >= 11 is 0. The molecule has 4 heteroatoms. The molecule has 1 saturated heterocycles. The lowest BCUT2D eigenvalue weighted by Crippen LogP contribution is -2.52. The zero-order valence-electron chi connectivity index (χ0n) is 14.3. The van der Waals surface area contributed by atoms with Gasteiger partial charge in [-0.25, -0.2) is 0 Å². The Bertz CT molecular complexity index is 310. The standard InChI is InChI=1S/C17H35N3O/c1-4-18-17(14-21)10-5-7-15(17)9-12-20-11-6-8-16(20)13-19(2)3/h15-16,18,21H,4-14H2,1-3H3. The number of hydrogen-bond acceptors (Lipinski definition) is 4. The normalized spacial score (nSPS) is 34.1. The van der Waals surface area contributed by atoms with Crippen molar-refractivity contribution in [2.45, 2.75) is 57.0 Å². The molecule has 1 aliphatic carbocycles. The first-order valence-corrected chi connectivity index (χ1v) is 8.86. The summed E-state index contributed by atoms with van der Waals surface area (Å²) in [5.74, 6) is 0.642. The van der Waals surface area contributed by atoms with Gasteiger partial charge in [0.05, 0.1) is 6.61 Å². The number of rotatable bonds is 8. The number of nitrogens with zero attached hydrogens (tertiary/aromatic N) is 2. The zero-order valence-corrected chi connectivity index (χ0v) is 14.3. The number of likely N-dealkylation sites (tertiary alicyclic amines) is 1. The van der Waals surface area contributed by atoms with Crippen LogP contribution in [0.15, 0.2) is 0 Å². The van der Waals surface area contributed by atoms with Gasteiger partial charge in [0.15, 0.2) is 0 Å². The molecule has 0 aromatic heterocycles. The average Bonchev–Trinajstić information content (AvgIpc) is 3.04. The lowest BCUT2D eigenvalue weighted by Gasteiger charge is -2.36. The molecular weight excluding hydrogens is 262 g/mol. The minimum atomic E-state index is 0.00548. The third-order valence-electron chi connectivity index (χ3n) is 5.61. The van der Waals surface area contributed by atoms with Crippen LogP contribution in [0.5, 0.6) is 0 Å². The van der Waals surface area contributed by atoms with Crippen LogP contribution in [0.25, 0.3) is 0 Å². The Morgan fingerprint density at radius 3 is 2.76 bits per heavy atom. The van der Waals surface area contributed by atoms with E-state index in [4.69, 9.17) is 0 Å². The van der Waals surface area contributed by atoms with Gasteiger partial charge in [-0.1, -0.05) is 13.3 Å². The van der Waals surface area contributed by atoms with Gasteiger partial charge >= 0.3 is 0 Å². The molecule has 2 N–H and O–H groups in total. The first kappa shape index (κ1) is 17.2. The van der Waals surface area contributed by atoms with Gasteiger partial charge in [0.1, 0.15) is 0 Å². The number of aliphatic hydroxyl groups excluding tert-OH is 1. The molecule has 124 valence electrons. The molecule has 1 saturated carbocycles. The highest BCUT2D eigenvalue weighted by Crippen LogP contribution is 2.38. The molecule has 3 atom stereocenters. The van der Waals surface area contributed by atoms with Crippen molar-refractivity contribution in [2.75, 3.05) is 46.9 Å². The van der Waals surface area contributed by atoms with Crippen LogP contribution in [-0.4, -0.2) is 73.4 Å². The molecule has 1 aliphatic heterocycles. The van der Waals surface area contributed by atoms with Crippen LogP contribution in [0.1, 0.15) is 45.4 Å². The van der Waals surface area contributed by atoms with Crippen LogP contribution in [0.2, 0.25) is 0 Å². The largest absolute Gasteiger partial charge is 0.394 e. The Hall–Kier alpha value is -0.160. The average molecular weight is 297 g/mol. The summed E-state index contributed by atoms with van der Waals surface area (Å²) in [5.41, 5.74) is 0.00548. The molecule has 3 unspecified atom stereocenters. The molecule has 0 spiro atoms. The smallest absolute Gasteiger partial charge is 0.0616 e. The van der Waals surface area contributed by atoms with E-state index in [9.17, 15) is 5.11 Å². The number of hydrogen-bond donors (Lipinski definition) is 2. The molecule has 0 bridgehead atoms. The van der Waals surface area contributed by atoms with Crippen LogP contribution < -0.4 is 5.32 Å². The fourth-order valence-corrected chi connectivity index (χ4v) is 4.55. The van der Waals surface area contributed by atoms with Gasteiger partial charge < -0.3 is 15.3 Å². The molecular formula is C17H35N3O. The number of aliphatic hydroxyl groups is 1. The van der Waals surface area contributed by atoms with Crippen molar-refractivity contribution in [2.24, 2.45) is 5.92 Å². The second-order valence-electron chi connectivity index (χ2n) is 7.32. The molecule has 0 aromatic carbocycles. The first-order valence-electron chi connectivity index (χ1n) is 8.86. The van der Waals surface area contributed by atoms with E-state index in [1.165, 1.54) is 51.7 Å². The van der Waals surface area contributed by atoms with Crippen LogP contribution in [0, 0.1) is 5.92 Å². The minimum absolute atomic E-state index is 0.00548. The molecule has 21 heavy (non-hydrogen) atoms. The van der Waals surface area contributed by atoms with Gasteiger partial charge in [0.2, 0.25) is 0 Å². The van der Waals surface area contributed by atoms with E-state index >= 15 is 0 Å². The summed E-state index contributed by atoms with van der Waals surface area (Å²) < 4.78 is 0. The summed E-state index contributed by atoms with van der Waals surface area (Å²) in [7, 11) is 4.35. The van der Waals surface area contributed by atoms with E-state index in [0.29, 0.717) is 12.5 Å². The Balaban J connectivity index is 1.86. The van der Waals surface area contributed by atoms with Gasteiger partial charge in [-0.3, -0.25) is 4.90 Å². The molecule has 4 nitrogen and oxygen atoms in total. The van der Waals surface area contributed by atoms with Gasteiger partial charge in [-0.05, 0) is 71.8 Å². The Morgan fingerprint density at radius 1 is 1.29 bits per heavy atom. The molecule has 2 fully saturated rings. The predicted octanol–water partition coefficient (Wildman–Crippen LogP) is 1.54. The fourth-order valence-electron chi connectivity index (χ4n) is 4.55. The van der Waals surface area contributed by atoms with Gasteiger partial charge in [0.25, 0.3) is 0 Å². The molecule has 0 radical (unpaired) electrons. The van der Waals surface area contributed by atoms with Crippen molar-refractivity contribution in [1.82, 2.24) is 15.1 Å². The van der Waals surface area contributed by atoms with Crippen LogP contribution in [0.4, 0.5) is 0 Å².